The summed E-state index contributed by atoms with van der Waals surface area (Å²) >= 11 is 0. The minimum absolute atomic E-state index is 0. The summed E-state index contributed by atoms with van der Waals surface area (Å²) in [5.74, 6) is -1.66. The molecule has 0 atom stereocenters. The molecule has 0 aromatic heterocycles. The summed E-state index contributed by atoms with van der Waals surface area (Å²) in [6.07, 6.45) is 0. The van der Waals surface area contributed by atoms with Gasteiger partial charge in [-0.2, -0.15) is 15.8 Å². The molecule has 0 saturated heterocycles. The Morgan fingerprint density at radius 1 is 1.27 bits per heavy atom. The number of nitrogens with one attached hydrogen (secondary N) is 1. The fourth-order valence-corrected chi connectivity index (χ4v) is 0.900. The maximum absolute atomic E-state index is 10.9. The Bertz CT molecular complexity index is 482. The Morgan fingerprint density at radius 3 is 2.20 bits per heavy atom. The van der Waals surface area contributed by atoms with Crippen LogP contribution in [0.15, 0.2) is 22.6 Å². The van der Waals surface area contributed by atoms with E-state index >= 15 is 0 Å². The van der Waals surface area contributed by atoms with E-state index in [4.69, 9.17) is 20.9 Å². The molecule has 1 heterocycles. The Morgan fingerprint density at radius 2 is 1.80 bits per heavy atom. The summed E-state index contributed by atoms with van der Waals surface area (Å²) in [4.78, 5) is 10.9. The zero-order chi connectivity index (χ0) is 10.7. The molecule has 0 fully saturated rings. The number of aliphatic hydroxyl groups is 1. The van der Waals surface area contributed by atoms with Crippen LogP contribution in [-0.4, -0.2) is 40.6 Å². The first-order valence-electron chi connectivity index (χ1n) is 3.35. The first kappa shape index (κ1) is 13.2. The van der Waals surface area contributed by atoms with Crippen LogP contribution in [0.4, 0.5) is 0 Å². The van der Waals surface area contributed by atoms with Gasteiger partial charge in [0.2, 0.25) is 5.76 Å². The van der Waals surface area contributed by atoms with Crippen LogP contribution in [0.3, 0.4) is 0 Å². The summed E-state index contributed by atoms with van der Waals surface area (Å²) in [7, 11) is 0. The van der Waals surface area contributed by atoms with Gasteiger partial charge in [0.05, 0.1) is 5.70 Å². The van der Waals surface area contributed by atoms with Crippen LogP contribution < -0.4 is 5.32 Å². The van der Waals surface area contributed by atoms with Crippen molar-refractivity contribution >= 4 is 35.5 Å². The average molecular weight is 210 g/mol. The zero-order valence-corrected chi connectivity index (χ0v) is 6.70. The number of hydrogen-bond donors (Lipinski definition) is 2. The number of allylic oxidation sites excluding steroid dienone is 2. The molecule has 0 aliphatic carbocycles. The molecule has 0 unspecified atom stereocenters. The van der Waals surface area contributed by atoms with Crippen LogP contribution in [0.25, 0.3) is 0 Å². The maximum atomic E-state index is 10.9. The molecule has 1 aliphatic heterocycles. The molecule has 15 heavy (non-hydrogen) atoms. The number of carbonyl (C=O) groups excluding carboxylic acids is 1. The van der Waals surface area contributed by atoms with E-state index in [0.717, 1.165) is 0 Å². The van der Waals surface area contributed by atoms with Crippen LogP contribution in [0.1, 0.15) is 0 Å². The average Bonchev–Trinajstić information content (AvgIpc) is 2.45. The van der Waals surface area contributed by atoms with Crippen molar-refractivity contribution in [2.75, 3.05) is 0 Å². The molecule has 0 bridgehead atoms. The topological polar surface area (TPSA) is 121 Å². The summed E-state index contributed by atoms with van der Waals surface area (Å²) in [6, 6.07) is 4.54. The molecule has 2 N–H and O–H groups in total. The van der Waals surface area contributed by atoms with E-state index < -0.39 is 17.2 Å². The molecular weight excluding hydrogens is 207 g/mol. The molecule has 6 nitrogen and oxygen atoms in total. The van der Waals surface area contributed by atoms with Crippen LogP contribution in [0, 0.1) is 34.0 Å². The second-order valence-electron chi connectivity index (χ2n) is 2.26. The van der Waals surface area contributed by atoms with Gasteiger partial charge in [0.1, 0.15) is 23.8 Å². The van der Waals surface area contributed by atoms with Gasteiger partial charge in [-0.25, -0.2) is 0 Å². The van der Waals surface area contributed by atoms with E-state index in [1.807, 2.05) is 0 Å². The van der Waals surface area contributed by atoms with Crippen molar-refractivity contribution in [3.05, 3.63) is 22.6 Å². The zero-order valence-electron chi connectivity index (χ0n) is 6.70. The van der Waals surface area contributed by atoms with Crippen molar-refractivity contribution in [1.82, 2.24) is 5.32 Å². The van der Waals surface area contributed by atoms with E-state index in [9.17, 15) is 4.79 Å². The molecular formula is C8H3N4NaO2. The van der Waals surface area contributed by atoms with Crippen LogP contribution in [0.5, 0.6) is 0 Å². The van der Waals surface area contributed by atoms with Crippen molar-refractivity contribution in [3.63, 3.8) is 0 Å². The second kappa shape index (κ2) is 5.19. The number of nitriles is 3. The van der Waals surface area contributed by atoms with Crippen LogP contribution >= 0.6 is 0 Å². The van der Waals surface area contributed by atoms with Gasteiger partial charge in [-0.1, -0.05) is 0 Å². The summed E-state index contributed by atoms with van der Waals surface area (Å²) < 4.78 is 0. The number of nitrogens with zero attached hydrogens (tertiary/aromatic N) is 3. The Kier molecular flexibility index (Phi) is 4.57. The minimum atomic E-state index is -0.889. The third-order valence-electron chi connectivity index (χ3n) is 1.53. The summed E-state index contributed by atoms with van der Waals surface area (Å²) in [5.41, 5.74) is -1.04. The Hall–Kier alpha value is -1.78. The molecule has 0 aromatic rings. The van der Waals surface area contributed by atoms with E-state index in [-0.39, 0.29) is 40.8 Å². The van der Waals surface area contributed by atoms with E-state index in [0.29, 0.717) is 0 Å². The van der Waals surface area contributed by atoms with E-state index in [1.54, 1.807) is 0 Å². The molecule has 1 amide bonds. The van der Waals surface area contributed by atoms with Crippen molar-refractivity contribution in [3.8, 4) is 18.2 Å². The number of carbonyl (C=O) groups is 1. The number of aliphatic hydroxyl groups excluding tert-OH is 1. The fourth-order valence-electron chi connectivity index (χ4n) is 0.900. The molecule has 0 saturated carbocycles. The quantitative estimate of drug-likeness (QED) is 0.396. The predicted molar refractivity (Wildman–Crippen MR) is 48.8 cm³/mol. The van der Waals surface area contributed by atoms with Crippen molar-refractivity contribution < 1.29 is 9.90 Å². The van der Waals surface area contributed by atoms with Crippen molar-refractivity contribution in [2.45, 2.75) is 0 Å². The van der Waals surface area contributed by atoms with Gasteiger partial charge in [0.15, 0.2) is 5.57 Å². The standard InChI is InChI=1S/C8H2N4O2.Na.H/c9-1-4(2-10)6-5(3-11)7(13)8(14)12-6;;/h13H,(H,12,14);;. The first-order valence-corrected chi connectivity index (χ1v) is 3.35. The monoisotopic (exact) mass is 210 g/mol. The normalized spacial score (nSPS) is 13.1. The number of rotatable bonds is 0. The van der Waals surface area contributed by atoms with Gasteiger partial charge in [0.25, 0.3) is 5.91 Å². The molecule has 0 radical (unpaired) electrons. The third kappa shape index (κ3) is 2.18. The molecule has 0 aromatic carbocycles. The molecule has 7 heteroatoms. The van der Waals surface area contributed by atoms with E-state index in [1.165, 1.54) is 18.2 Å². The van der Waals surface area contributed by atoms with Crippen molar-refractivity contribution in [1.29, 1.82) is 15.8 Å². The predicted octanol–water partition coefficient (Wildman–Crippen LogP) is -0.895. The Labute approximate surface area is 107 Å². The fraction of sp³-hybridized carbons (Fsp3) is 0. The van der Waals surface area contributed by atoms with Gasteiger partial charge in [0, 0.05) is 0 Å². The van der Waals surface area contributed by atoms with Gasteiger partial charge in [-0.05, 0) is 0 Å². The molecule has 1 rings (SSSR count). The Balaban J connectivity index is 0.00000196. The van der Waals surface area contributed by atoms with Gasteiger partial charge < -0.3 is 10.4 Å². The summed E-state index contributed by atoms with van der Waals surface area (Å²) in [6.45, 7) is 0. The van der Waals surface area contributed by atoms with E-state index in [2.05, 4.69) is 5.32 Å². The van der Waals surface area contributed by atoms with Crippen LogP contribution in [0.2, 0.25) is 0 Å². The molecule has 1 aliphatic rings. The number of amides is 1. The van der Waals surface area contributed by atoms with Crippen LogP contribution in [-0.2, 0) is 4.79 Å². The molecule has 68 valence electrons. The SMILES string of the molecule is N#CC(C#N)=C1NC(=O)C(O)=C1C#N.[NaH]. The first-order chi connectivity index (χ1) is 6.65. The summed E-state index contributed by atoms with van der Waals surface area (Å²) in [5, 5.41) is 36.6. The molecule has 0 spiro atoms. The third-order valence-corrected chi connectivity index (χ3v) is 1.53. The van der Waals surface area contributed by atoms with Gasteiger partial charge in [-0.15, -0.1) is 0 Å². The number of hydrogen-bond acceptors (Lipinski definition) is 5. The van der Waals surface area contributed by atoms with Gasteiger partial charge >= 0.3 is 29.6 Å². The van der Waals surface area contributed by atoms with Gasteiger partial charge in [-0.3, -0.25) is 4.79 Å². The second-order valence-corrected chi connectivity index (χ2v) is 2.26. The van der Waals surface area contributed by atoms with Crippen molar-refractivity contribution in [2.24, 2.45) is 0 Å².